The van der Waals surface area contributed by atoms with Crippen molar-refractivity contribution in [3.8, 4) is 11.5 Å². The lowest BCUT2D eigenvalue weighted by Gasteiger charge is -2.08. The van der Waals surface area contributed by atoms with E-state index in [2.05, 4.69) is 0 Å². The summed E-state index contributed by atoms with van der Waals surface area (Å²) >= 11 is 0. The molecule has 1 aliphatic rings. The number of allylic oxidation sites excluding steroid dienone is 1. The lowest BCUT2D eigenvalue weighted by Crippen LogP contribution is -2.04. The molecule has 0 bridgehead atoms. The van der Waals surface area contributed by atoms with Crippen LogP contribution in [0.25, 0.3) is 0 Å². The molecule has 0 N–H and O–H groups in total. The number of carbonyl (C=O) groups is 1. The van der Waals surface area contributed by atoms with Crippen LogP contribution in [0.2, 0.25) is 0 Å². The fraction of sp³-hybridized carbons (Fsp3) is 0.308. The van der Waals surface area contributed by atoms with Crippen LogP contribution in [-0.2, 0) is 4.74 Å². The van der Waals surface area contributed by atoms with Crippen molar-refractivity contribution in [3.63, 3.8) is 0 Å². The van der Waals surface area contributed by atoms with E-state index < -0.39 is 0 Å². The van der Waals surface area contributed by atoms with E-state index in [0.717, 1.165) is 6.42 Å². The Labute approximate surface area is 99.8 Å². The van der Waals surface area contributed by atoms with Gasteiger partial charge in [-0.15, -0.1) is 0 Å². The van der Waals surface area contributed by atoms with Gasteiger partial charge in [-0.2, -0.15) is 0 Å². The highest BCUT2D eigenvalue weighted by atomic mass is 16.5. The van der Waals surface area contributed by atoms with Gasteiger partial charge >= 0.3 is 0 Å². The zero-order chi connectivity index (χ0) is 12.3. The van der Waals surface area contributed by atoms with Gasteiger partial charge in [0.2, 0.25) is 5.78 Å². The zero-order valence-electron chi connectivity index (χ0n) is 9.86. The van der Waals surface area contributed by atoms with Crippen LogP contribution in [0.4, 0.5) is 0 Å². The van der Waals surface area contributed by atoms with E-state index in [4.69, 9.17) is 14.2 Å². The molecule has 4 heteroatoms. The van der Waals surface area contributed by atoms with Gasteiger partial charge < -0.3 is 14.2 Å². The molecule has 0 saturated carbocycles. The lowest BCUT2D eigenvalue weighted by atomic mass is 10.1. The summed E-state index contributed by atoms with van der Waals surface area (Å²) in [6.07, 6.45) is 2.58. The smallest absolute Gasteiger partial charge is 0.227 e. The van der Waals surface area contributed by atoms with Gasteiger partial charge in [-0.05, 0) is 18.2 Å². The van der Waals surface area contributed by atoms with Gasteiger partial charge in [0, 0.05) is 18.1 Å². The van der Waals surface area contributed by atoms with Crippen molar-refractivity contribution in [1.82, 2.24) is 0 Å². The van der Waals surface area contributed by atoms with Gasteiger partial charge in [-0.3, -0.25) is 4.79 Å². The maximum absolute atomic E-state index is 12.1. The highest BCUT2D eigenvalue weighted by Gasteiger charge is 2.18. The molecule has 0 aliphatic carbocycles. The Morgan fingerprint density at radius 1 is 1.18 bits per heavy atom. The van der Waals surface area contributed by atoms with Crippen molar-refractivity contribution in [3.05, 3.63) is 35.6 Å². The minimum atomic E-state index is -0.139. The number of methoxy groups -OCH3 is 2. The first kappa shape index (κ1) is 11.5. The van der Waals surface area contributed by atoms with Gasteiger partial charge in [0.05, 0.1) is 20.8 Å². The van der Waals surface area contributed by atoms with Gasteiger partial charge in [-0.1, -0.05) is 0 Å². The van der Waals surface area contributed by atoms with Crippen LogP contribution in [0.3, 0.4) is 0 Å². The normalized spacial score (nSPS) is 13.9. The molecular weight excluding hydrogens is 220 g/mol. The van der Waals surface area contributed by atoms with E-state index in [0.29, 0.717) is 29.4 Å². The molecule has 0 amide bonds. The van der Waals surface area contributed by atoms with Crippen molar-refractivity contribution in [2.24, 2.45) is 0 Å². The number of Topliss-reactive ketones (excluding diaryl/α,β-unsaturated/α-hetero) is 1. The first-order valence-electron chi connectivity index (χ1n) is 5.35. The van der Waals surface area contributed by atoms with Crippen molar-refractivity contribution >= 4 is 5.78 Å². The van der Waals surface area contributed by atoms with Gasteiger partial charge in [0.1, 0.15) is 11.5 Å². The molecule has 0 atom stereocenters. The van der Waals surface area contributed by atoms with Crippen molar-refractivity contribution < 1.29 is 19.0 Å². The Bertz CT molecular complexity index is 440. The molecule has 4 nitrogen and oxygen atoms in total. The monoisotopic (exact) mass is 234 g/mol. The molecule has 0 radical (unpaired) electrons. The van der Waals surface area contributed by atoms with Gasteiger partial charge in [-0.25, -0.2) is 0 Å². The Morgan fingerprint density at radius 3 is 2.29 bits per heavy atom. The Balaban J connectivity index is 2.33. The minimum Gasteiger partial charge on any atom is -0.497 e. The van der Waals surface area contributed by atoms with Crippen LogP contribution in [0.1, 0.15) is 16.8 Å². The Hall–Kier alpha value is -1.97. The average Bonchev–Trinajstić information content (AvgIpc) is 2.91. The molecule has 1 heterocycles. The van der Waals surface area contributed by atoms with Crippen molar-refractivity contribution in [2.45, 2.75) is 6.42 Å². The maximum Gasteiger partial charge on any atom is 0.227 e. The van der Waals surface area contributed by atoms with E-state index in [1.807, 2.05) is 0 Å². The van der Waals surface area contributed by atoms with E-state index in [9.17, 15) is 4.79 Å². The molecule has 17 heavy (non-hydrogen) atoms. The van der Waals surface area contributed by atoms with Crippen molar-refractivity contribution in [2.75, 3.05) is 20.8 Å². The van der Waals surface area contributed by atoms with E-state index in [-0.39, 0.29) is 5.78 Å². The molecule has 2 rings (SSSR count). The zero-order valence-corrected chi connectivity index (χ0v) is 9.86. The molecular formula is C13H14O4. The summed E-state index contributed by atoms with van der Waals surface area (Å²) in [5.74, 6) is 1.44. The fourth-order valence-corrected chi connectivity index (χ4v) is 1.66. The quantitative estimate of drug-likeness (QED) is 0.749. The molecule has 0 spiro atoms. The lowest BCUT2D eigenvalue weighted by molar-refractivity contribution is 0.0941. The first-order chi connectivity index (χ1) is 8.24. The van der Waals surface area contributed by atoms with Gasteiger partial charge in [0.25, 0.3) is 0 Å². The number of ether oxygens (including phenoxy) is 3. The number of hydrogen-bond donors (Lipinski definition) is 0. The second kappa shape index (κ2) is 4.91. The standard InChI is InChI=1S/C13H14O4/c1-15-10-6-9(7-11(8-10)16-2)13(14)12-4-3-5-17-12/h4,6-8H,3,5H2,1-2H3. The van der Waals surface area contributed by atoms with Crippen LogP contribution >= 0.6 is 0 Å². The molecule has 0 saturated heterocycles. The SMILES string of the molecule is COc1cc(OC)cc(C(=O)C2=CCCO2)c1. The van der Waals surface area contributed by atoms with Crippen LogP contribution in [-0.4, -0.2) is 26.6 Å². The number of hydrogen-bond acceptors (Lipinski definition) is 4. The number of carbonyl (C=O) groups excluding carboxylic acids is 1. The molecule has 1 aliphatic heterocycles. The van der Waals surface area contributed by atoms with Crippen LogP contribution < -0.4 is 9.47 Å². The highest BCUT2D eigenvalue weighted by molar-refractivity contribution is 6.08. The number of rotatable bonds is 4. The number of ketones is 1. The number of benzene rings is 1. The summed E-state index contributed by atoms with van der Waals surface area (Å²) in [6.45, 7) is 0.572. The van der Waals surface area contributed by atoms with Crippen LogP contribution in [0.15, 0.2) is 30.0 Å². The molecule has 0 aromatic heterocycles. The summed E-state index contributed by atoms with van der Waals surface area (Å²) < 4.78 is 15.5. The second-order valence-corrected chi connectivity index (χ2v) is 3.64. The molecule has 90 valence electrons. The summed E-state index contributed by atoms with van der Waals surface area (Å²) in [5, 5.41) is 0. The van der Waals surface area contributed by atoms with E-state index >= 15 is 0 Å². The predicted octanol–water partition coefficient (Wildman–Crippen LogP) is 2.19. The molecule has 0 unspecified atom stereocenters. The van der Waals surface area contributed by atoms with Crippen LogP contribution in [0, 0.1) is 0 Å². The Kier molecular flexibility index (Phi) is 3.32. The highest BCUT2D eigenvalue weighted by Crippen LogP contribution is 2.25. The second-order valence-electron chi connectivity index (χ2n) is 3.64. The maximum atomic E-state index is 12.1. The molecule has 1 aromatic carbocycles. The summed E-state index contributed by atoms with van der Waals surface area (Å²) in [4.78, 5) is 12.1. The molecule has 1 aromatic rings. The third kappa shape index (κ3) is 2.41. The largest absolute Gasteiger partial charge is 0.497 e. The van der Waals surface area contributed by atoms with Gasteiger partial charge in [0.15, 0.2) is 5.76 Å². The minimum absolute atomic E-state index is 0.139. The van der Waals surface area contributed by atoms with Crippen molar-refractivity contribution in [1.29, 1.82) is 0 Å². The molecule has 0 fully saturated rings. The topological polar surface area (TPSA) is 44.8 Å². The summed E-state index contributed by atoms with van der Waals surface area (Å²) in [5.41, 5.74) is 0.509. The average molecular weight is 234 g/mol. The third-order valence-corrected chi connectivity index (χ3v) is 2.54. The first-order valence-corrected chi connectivity index (χ1v) is 5.35. The Morgan fingerprint density at radius 2 is 1.82 bits per heavy atom. The fourth-order valence-electron chi connectivity index (χ4n) is 1.66. The predicted molar refractivity (Wildman–Crippen MR) is 62.5 cm³/mol. The van der Waals surface area contributed by atoms with E-state index in [1.54, 1.807) is 38.5 Å². The summed E-state index contributed by atoms with van der Waals surface area (Å²) in [6, 6.07) is 5.07. The van der Waals surface area contributed by atoms with E-state index in [1.165, 1.54) is 0 Å². The van der Waals surface area contributed by atoms with Crippen LogP contribution in [0.5, 0.6) is 11.5 Å². The summed E-state index contributed by atoms with van der Waals surface area (Å²) in [7, 11) is 3.10. The third-order valence-electron chi connectivity index (χ3n) is 2.54.